The Hall–Kier alpha value is -1.89. The van der Waals surface area contributed by atoms with Gasteiger partial charge < -0.3 is 10.8 Å². The highest BCUT2D eigenvalue weighted by Crippen LogP contribution is 2.18. The van der Waals surface area contributed by atoms with Crippen LogP contribution in [0, 0.1) is 12.8 Å². The second-order valence-electron chi connectivity index (χ2n) is 4.37. The first-order valence-corrected chi connectivity index (χ1v) is 7.16. The van der Waals surface area contributed by atoms with Crippen LogP contribution in [0.3, 0.4) is 0 Å². The molecule has 0 aliphatic heterocycles. The summed E-state index contributed by atoms with van der Waals surface area (Å²) in [4.78, 5) is 21.7. The van der Waals surface area contributed by atoms with E-state index in [-0.39, 0.29) is 10.5 Å². The summed E-state index contributed by atoms with van der Waals surface area (Å²) >= 11 is 0. The first-order chi connectivity index (χ1) is 8.65. The Morgan fingerprint density at radius 1 is 1.37 bits per heavy atom. The predicted molar refractivity (Wildman–Crippen MR) is 68.5 cm³/mol. The molecule has 7 heteroatoms. The summed E-state index contributed by atoms with van der Waals surface area (Å²) in [5, 5.41) is 8.96. The number of amides is 1. The van der Waals surface area contributed by atoms with Crippen LogP contribution in [0.2, 0.25) is 0 Å². The molecular formula is C12H15NO5S. The Balaban J connectivity index is 3.19. The average Bonchev–Trinajstić information content (AvgIpc) is 2.27. The third-order valence-corrected chi connectivity index (χ3v) is 4.66. The number of hydrogen-bond donors (Lipinski definition) is 2. The van der Waals surface area contributed by atoms with Crippen molar-refractivity contribution in [2.24, 2.45) is 11.7 Å². The number of nitrogens with two attached hydrogens (primary N) is 1. The minimum absolute atomic E-state index is 0.0761. The van der Waals surface area contributed by atoms with Crippen molar-refractivity contribution in [2.75, 3.05) is 5.75 Å². The fourth-order valence-electron chi connectivity index (χ4n) is 1.53. The van der Waals surface area contributed by atoms with Crippen LogP contribution in [-0.2, 0) is 14.6 Å². The molecule has 0 saturated carbocycles. The summed E-state index contributed by atoms with van der Waals surface area (Å²) in [7, 11) is -3.74. The first kappa shape index (κ1) is 15.2. The molecular weight excluding hydrogens is 270 g/mol. The first-order valence-electron chi connectivity index (χ1n) is 5.51. The monoisotopic (exact) mass is 285 g/mol. The Morgan fingerprint density at radius 2 is 1.95 bits per heavy atom. The molecule has 0 aliphatic carbocycles. The minimum Gasteiger partial charge on any atom is -0.478 e. The highest BCUT2D eigenvalue weighted by Gasteiger charge is 2.23. The molecule has 0 fully saturated rings. The van der Waals surface area contributed by atoms with E-state index in [0.29, 0.717) is 5.56 Å². The van der Waals surface area contributed by atoms with Crippen LogP contribution in [0.25, 0.3) is 0 Å². The largest absolute Gasteiger partial charge is 0.478 e. The van der Waals surface area contributed by atoms with Crippen LogP contribution in [-0.4, -0.2) is 31.2 Å². The zero-order chi connectivity index (χ0) is 14.8. The van der Waals surface area contributed by atoms with Gasteiger partial charge in [0.2, 0.25) is 5.91 Å². The molecule has 0 spiro atoms. The second kappa shape index (κ2) is 5.40. The zero-order valence-electron chi connectivity index (χ0n) is 10.6. The van der Waals surface area contributed by atoms with E-state index in [1.54, 1.807) is 6.92 Å². The van der Waals surface area contributed by atoms with E-state index < -0.39 is 33.4 Å². The number of benzene rings is 1. The molecule has 6 nitrogen and oxygen atoms in total. The number of aryl methyl sites for hydroxylation is 1. The average molecular weight is 285 g/mol. The van der Waals surface area contributed by atoms with Gasteiger partial charge in [-0.2, -0.15) is 0 Å². The quantitative estimate of drug-likeness (QED) is 0.821. The van der Waals surface area contributed by atoms with Crippen LogP contribution in [0.1, 0.15) is 22.8 Å². The summed E-state index contributed by atoms with van der Waals surface area (Å²) in [5.74, 6) is -3.18. The smallest absolute Gasteiger partial charge is 0.335 e. The lowest BCUT2D eigenvalue weighted by atomic mass is 10.1. The van der Waals surface area contributed by atoms with Crippen LogP contribution in [0.4, 0.5) is 0 Å². The molecule has 1 unspecified atom stereocenters. The number of carbonyl (C=O) groups is 2. The van der Waals surface area contributed by atoms with Crippen molar-refractivity contribution < 1.29 is 23.1 Å². The van der Waals surface area contributed by atoms with Gasteiger partial charge in [0.05, 0.1) is 16.2 Å². The topological polar surface area (TPSA) is 115 Å². The van der Waals surface area contributed by atoms with Gasteiger partial charge >= 0.3 is 5.97 Å². The summed E-state index contributed by atoms with van der Waals surface area (Å²) in [6.07, 6.45) is 0. The van der Waals surface area contributed by atoms with Crippen LogP contribution in [0.15, 0.2) is 23.1 Å². The fourth-order valence-corrected chi connectivity index (χ4v) is 3.12. The number of carboxylic acids is 1. The molecule has 0 heterocycles. The van der Waals surface area contributed by atoms with Crippen molar-refractivity contribution in [3.05, 3.63) is 29.3 Å². The van der Waals surface area contributed by atoms with Gasteiger partial charge in [-0.25, -0.2) is 13.2 Å². The van der Waals surface area contributed by atoms with Crippen molar-refractivity contribution in [1.82, 2.24) is 0 Å². The molecule has 3 N–H and O–H groups in total. The number of aromatic carboxylic acids is 1. The maximum absolute atomic E-state index is 12.0. The SMILES string of the molecule is Cc1ccc(S(=O)(=O)CC(C)C(N)=O)cc1C(=O)O. The maximum Gasteiger partial charge on any atom is 0.335 e. The summed E-state index contributed by atoms with van der Waals surface area (Å²) in [6, 6.07) is 3.84. The number of rotatable bonds is 5. The van der Waals surface area contributed by atoms with E-state index in [4.69, 9.17) is 10.8 Å². The molecule has 19 heavy (non-hydrogen) atoms. The standard InChI is InChI=1S/C12H15NO5S/c1-7-3-4-9(5-10(7)12(15)16)19(17,18)6-8(2)11(13)14/h3-5,8H,6H2,1-2H3,(H2,13,14)(H,15,16). The van der Waals surface area contributed by atoms with Gasteiger partial charge in [0, 0.05) is 5.92 Å². The third-order valence-electron chi connectivity index (χ3n) is 2.75. The number of primary amides is 1. The lowest BCUT2D eigenvalue weighted by molar-refractivity contribution is -0.120. The normalized spacial score (nSPS) is 12.9. The van der Waals surface area contributed by atoms with E-state index >= 15 is 0 Å². The highest BCUT2D eigenvalue weighted by molar-refractivity contribution is 7.91. The van der Waals surface area contributed by atoms with Crippen LogP contribution < -0.4 is 5.73 Å². The van der Waals surface area contributed by atoms with Gasteiger partial charge in [-0.05, 0) is 24.6 Å². The van der Waals surface area contributed by atoms with E-state index in [1.807, 2.05) is 0 Å². The maximum atomic E-state index is 12.0. The Bertz CT molecular complexity index is 621. The van der Waals surface area contributed by atoms with Crippen LogP contribution >= 0.6 is 0 Å². The number of sulfone groups is 1. The molecule has 1 aromatic rings. The number of carboxylic acid groups (broad SMARTS) is 1. The Morgan fingerprint density at radius 3 is 2.42 bits per heavy atom. The minimum atomic E-state index is -3.74. The molecule has 0 saturated heterocycles. The Labute approximate surface area is 111 Å². The molecule has 1 amide bonds. The number of hydrogen-bond acceptors (Lipinski definition) is 4. The predicted octanol–water partition coefficient (Wildman–Crippen LogP) is 0.588. The highest BCUT2D eigenvalue weighted by atomic mass is 32.2. The van der Waals surface area contributed by atoms with Gasteiger partial charge in [-0.15, -0.1) is 0 Å². The molecule has 1 atom stereocenters. The van der Waals surface area contributed by atoms with E-state index in [9.17, 15) is 18.0 Å². The molecule has 1 aromatic carbocycles. The molecule has 1 rings (SSSR count). The van der Waals surface area contributed by atoms with Gasteiger partial charge in [0.1, 0.15) is 0 Å². The van der Waals surface area contributed by atoms with E-state index in [2.05, 4.69) is 0 Å². The van der Waals surface area contributed by atoms with E-state index in [1.165, 1.54) is 19.1 Å². The summed E-state index contributed by atoms with van der Waals surface area (Å²) < 4.78 is 24.1. The Kier molecular flexibility index (Phi) is 4.31. The molecule has 0 bridgehead atoms. The number of carbonyl (C=O) groups excluding carboxylic acids is 1. The second-order valence-corrected chi connectivity index (χ2v) is 6.40. The van der Waals surface area contributed by atoms with Crippen LogP contribution in [0.5, 0.6) is 0 Å². The molecule has 0 aromatic heterocycles. The summed E-state index contributed by atoms with van der Waals surface area (Å²) in [5.41, 5.74) is 5.42. The fraction of sp³-hybridized carbons (Fsp3) is 0.333. The van der Waals surface area contributed by atoms with Gasteiger partial charge in [0.15, 0.2) is 9.84 Å². The molecule has 104 valence electrons. The van der Waals surface area contributed by atoms with Crippen molar-refractivity contribution in [3.8, 4) is 0 Å². The zero-order valence-corrected chi connectivity index (χ0v) is 11.4. The van der Waals surface area contributed by atoms with Gasteiger partial charge in [-0.1, -0.05) is 13.0 Å². The van der Waals surface area contributed by atoms with E-state index in [0.717, 1.165) is 6.07 Å². The third kappa shape index (κ3) is 3.54. The van der Waals surface area contributed by atoms with Crippen molar-refractivity contribution >= 4 is 21.7 Å². The lowest BCUT2D eigenvalue weighted by Crippen LogP contribution is -2.27. The van der Waals surface area contributed by atoms with Gasteiger partial charge in [0.25, 0.3) is 0 Å². The molecule has 0 radical (unpaired) electrons. The van der Waals surface area contributed by atoms with Crippen molar-refractivity contribution in [2.45, 2.75) is 18.7 Å². The van der Waals surface area contributed by atoms with Crippen molar-refractivity contribution in [3.63, 3.8) is 0 Å². The lowest BCUT2D eigenvalue weighted by Gasteiger charge is -2.10. The van der Waals surface area contributed by atoms with Crippen molar-refractivity contribution in [1.29, 1.82) is 0 Å². The molecule has 0 aliphatic rings. The van der Waals surface area contributed by atoms with Gasteiger partial charge in [-0.3, -0.25) is 4.79 Å². The summed E-state index contributed by atoms with van der Waals surface area (Å²) in [6.45, 7) is 2.98.